The van der Waals surface area contributed by atoms with Gasteiger partial charge < -0.3 is 5.11 Å². The summed E-state index contributed by atoms with van der Waals surface area (Å²) < 4.78 is 0. The largest absolute Gasteiger partial charge is 0.381 e. The van der Waals surface area contributed by atoms with Crippen molar-refractivity contribution in [3.63, 3.8) is 0 Å². The Morgan fingerprint density at radius 3 is 2.62 bits per heavy atom. The van der Waals surface area contributed by atoms with Gasteiger partial charge in [-0.1, -0.05) is 37.3 Å². The van der Waals surface area contributed by atoms with Crippen LogP contribution in [-0.4, -0.2) is 47.8 Å². The van der Waals surface area contributed by atoms with Gasteiger partial charge in [-0.25, -0.2) is 0 Å². The summed E-state index contributed by atoms with van der Waals surface area (Å²) in [5.41, 5.74) is 1.35. The molecule has 1 aromatic carbocycles. The van der Waals surface area contributed by atoms with Gasteiger partial charge in [-0.2, -0.15) is 0 Å². The summed E-state index contributed by atoms with van der Waals surface area (Å²) in [6.07, 6.45) is 0. The fourth-order valence-corrected chi connectivity index (χ4v) is 2.38. The van der Waals surface area contributed by atoms with E-state index in [1.807, 2.05) is 6.07 Å². The van der Waals surface area contributed by atoms with E-state index in [2.05, 4.69) is 41.0 Å². The van der Waals surface area contributed by atoms with Gasteiger partial charge in [0.1, 0.15) is 0 Å². The first-order valence-electron chi connectivity index (χ1n) is 5.97. The van der Waals surface area contributed by atoms with Gasteiger partial charge in [0.05, 0.1) is 6.73 Å². The number of hydrogen-bond donors (Lipinski definition) is 1. The molecular weight excluding hydrogens is 200 g/mol. The quantitative estimate of drug-likeness (QED) is 0.832. The van der Waals surface area contributed by atoms with Gasteiger partial charge in [0, 0.05) is 25.7 Å². The Bertz CT molecular complexity index is 315. The maximum atomic E-state index is 9.22. The van der Waals surface area contributed by atoms with E-state index in [9.17, 15) is 5.11 Å². The van der Waals surface area contributed by atoms with Crippen molar-refractivity contribution >= 4 is 0 Å². The fourth-order valence-electron chi connectivity index (χ4n) is 2.38. The lowest BCUT2D eigenvalue weighted by atomic mass is 10.0. The van der Waals surface area contributed by atoms with Gasteiger partial charge in [-0.15, -0.1) is 0 Å². The van der Waals surface area contributed by atoms with Gasteiger partial charge in [0.25, 0.3) is 0 Å². The molecule has 16 heavy (non-hydrogen) atoms. The Hall–Kier alpha value is -0.900. The molecule has 1 fully saturated rings. The van der Waals surface area contributed by atoms with Crippen molar-refractivity contribution in [3.8, 4) is 0 Å². The maximum absolute atomic E-state index is 9.22. The molecule has 0 radical (unpaired) electrons. The number of aliphatic hydroxyl groups is 1. The van der Waals surface area contributed by atoms with Gasteiger partial charge in [0.2, 0.25) is 0 Å². The van der Waals surface area contributed by atoms with E-state index in [1.54, 1.807) is 0 Å². The predicted octanol–water partition coefficient (Wildman–Crippen LogP) is 1.31. The van der Waals surface area contributed by atoms with Crippen LogP contribution in [0.4, 0.5) is 0 Å². The Morgan fingerprint density at radius 2 is 2.00 bits per heavy atom. The van der Waals surface area contributed by atoms with Gasteiger partial charge >= 0.3 is 0 Å². The molecule has 1 aliphatic heterocycles. The lowest BCUT2D eigenvalue weighted by Gasteiger charge is -2.40. The minimum absolute atomic E-state index is 0.168. The second kappa shape index (κ2) is 5.43. The van der Waals surface area contributed by atoms with Crippen molar-refractivity contribution in [1.29, 1.82) is 0 Å². The molecule has 88 valence electrons. The Kier molecular flexibility index (Phi) is 3.93. The second-order valence-electron chi connectivity index (χ2n) is 4.27. The van der Waals surface area contributed by atoms with Crippen LogP contribution >= 0.6 is 0 Å². The molecule has 1 N–H and O–H groups in total. The topological polar surface area (TPSA) is 26.7 Å². The Morgan fingerprint density at radius 1 is 1.25 bits per heavy atom. The zero-order valence-corrected chi connectivity index (χ0v) is 9.84. The molecule has 1 aromatic rings. The first kappa shape index (κ1) is 11.6. The van der Waals surface area contributed by atoms with Gasteiger partial charge in [-0.3, -0.25) is 9.80 Å². The van der Waals surface area contributed by atoms with E-state index in [4.69, 9.17) is 0 Å². The highest BCUT2D eigenvalue weighted by molar-refractivity contribution is 5.20. The first-order valence-corrected chi connectivity index (χ1v) is 5.97. The van der Waals surface area contributed by atoms with Gasteiger partial charge in [-0.05, 0) is 12.1 Å². The van der Waals surface area contributed by atoms with E-state index >= 15 is 0 Å². The normalized spacial score (nSPS) is 23.5. The number of rotatable bonds is 3. The number of nitrogens with zero attached hydrogens (tertiary/aromatic N) is 2. The van der Waals surface area contributed by atoms with Crippen LogP contribution in [0.1, 0.15) is 18.5 Å². The first-order chi connectivity index (χ1) is 7.85. The Balaban J connectivity index is 2.15. The van der Waals surface area contributed by atoms with E-state index in [1.165, 1.54) is 5.56 Å². The second-order valence-corrected chi connectivity index (χ2v) is 4.27. The highest BCUT2D eigenvalue weighted by Gasteiger charge is 2.26. The van der Waals surface area contributed by atoms with Crippen molar-refractivity contribution in [2.75, 3.05) is 32.9 Å². The third-order valence-corrected chi connectivity index (χ3v) is 3.37. The molecule has 3 nitrogen and oxygen atoms in total. The summed E-state index contributed by atoms with van der Waals surface area (Å²) in [5, 5.41) is 9.22. The third kappa shape index (κ3) is 2.43. The van der Waals surface area contributed by atoms with Crippen molar-refractivity contribution < 1.29 is 5.11 Å². The third-order valence-electron chi connectivity index (χ3n) is 3.37. The standard InChI is InChI=1S/C13H20N2O/c1-2-15-9-8-14(11-16)10-13(15)12-6-4-3-5-7-12/h3-7,13,16H,2,8-11H2,1H3. The molecule has 0 saturated carbocycles. The van der Waals surface area contributed by atoms with Crippen LogP contribution in [0.2, 0.25) is 0 Å². The zero-order chi connectivity index (χ0) is 11.4. The minimum Gasteiger partial charge on any atom is -0.381 e. The lowest BCUT2D eigenvalue weighted by Crippen LogP contribution is -2.48. The molecule has 1 aliphatic rings. The molecule has 0 aromatic heterocycles. The maximum Gasteiger partial charge on any atom is 0.0957 e. The van der Waals surface area contributed by atoms with E-state index < -0.39 is 0 Å². The average molecular weight is 220 g/mol. The fraction of sp³-hybridized carbons (Fsp3) is 0.538. The van der Waals surface area contributed by atoms with Crippen LogP contribution in [0.15, 0.2) is 30.3 Å². The molecule has 3 heteroatoms. The monoisotopic (exact) mass is 220 g/mol. The van der Waals surface area contributed by atoms with Crippen molar-refractivity contribution in [3.05, 3.63) is 35.9 Å². The van der Waals surface area contributed by atoms with Crippen molar-refractivity contribution in [2.45, 2.75) is 13.0 Å². The molecule has 1 saturated heterocycles. The number of aliphatic hydroxyl groups excluding tert-OH is 1. The summed E-state index contributed by atoms with van der Waals surface area (Å²) in [6, 6.07) is 11.0. The molecule has 1 heterocycles. The smallest absolute Gasteiger partial charge is 0.0957 e. The van der Waals surface area contributed by atoms with Gasteiger partial charge in [0.15, 0.2) is 0 Å². The lowest BCUT2D eigenvalue weighted by molar-refractivity contribution is 0.0219. The molecular formula is C13H20N2O. The summed E-state index contributed by atoms with van der Waals surface area (Å²) in [7, 11) is 0. The SMILES string of the molecule is CCN1CCN(CO)CC1c1ccccc1. The van der Waals surface area contributed by atoms with Crippen LogP contribution in [-0.2, 0) is 0 Å². The van der Waals surface area contributed by atoms with E-state index in [-0.39, 0.29) is 6.73 Å². The number of likely N-dealkylation sites (N-methyl/N-ethyl adjacent to an activating group) is 1. The predicted molar refractivity (Wildman–Crippen MR) is 65.1 cm³/mol. The van der Waals surface area contributed by atoms with Crippen LogP contribution in [0, 0.1) is 0 Å². The van der Waals surface area contributed by atoms with Crippen molar-refractivity contribution in [2.24, 2.45) is 0 Å². The zero-order valence-electron chi connectivity index (χ0n) is 9.84. The van der Waals surface area contributed by atoms with E-state index in [0.717, 1.165) is 26.2 Å². The van der Waals surface area contributed by atoms with Crippen LogP contribution < -0.4 is 0 Å². The summed E-state index contributed by atoms with van der Waals surface area (Å²) >= 11 is 0. The van der Waals surface area contributed by atoms with Crippen LogP contribution in [0.5, 0.6) is 0 Å². The molecule has 1 atom stereocenters. The van der Waals surface area contributed by atoms with Crippen LogP contribution in [0.3, 0.4) is 0 Å². The molecule has 0 amide bonds. The molecule has 0 bridgehead atoms. The molecule has 0 spiro atoms. The van der Waals surface area contributed by atoms with E-state index in [0.29, 0.717) is 6.04 Å². The summed E-state index contributed by atoms with van der Waals surface area (Å²) in [6.45, 7) is 6.36. The Labute approximate surface area is 97.3 Å². The summed E-state index contributed by atoms with van der Waals surface area (Å²) in [4.78, 5) is 4.57. The average Bonchev–Trinajstić information content (AvgIpc) is 2.39. The highest BCUT2D eigenvalue weighted by atomic mass is 16.3. The molecule has 1 unspecified atom stereocenters. The van der Waals surface area contributed by atoms with Crippen LogP contribution in [0.25, 0.3) is 0 Å². The number of piperazine rings is 1. The molecule has 0 aliphatic carbocycles. The minimum atomic E-state index is 0.168. The molecule has 2 rings (SSSR count). The number of hydrogen-bond acceptors (Lipinski definition) is 3. The number of benzene rings is 1. The highest BCUT2D eigenvalue weighted by Crippen LogP contribution is 2.24. The summed E-state index contributed by atoms with van der Waals surface area (Å²) in [5.74, 6) is 0. The van der Waals surface area contributed by atoms with Crippen molar-refractivity contribution in [1.82, 2.24) is 9.80 Å².